The van der Waals surface area contributed by atoms with Gasteiger partial charge in [-0.1, -0.05) is 18.2 Å². The minimum atomic E-state index is -4.47. The number of nitro benzene ring substituents is 1. The Kier molecular flexibility index (Phi) is 4.03. The van der Waals surface area contributed by atoms with Crippen molar-refractivity contribution in [3.63, 3.8) is 0 Å². The molecule has 2 aromatic rings. The lowest BCUT2D eigenvalue weighted by molar-refractivity contribution is -0.387. The molecule has 2 aromatic carbocycles. The van der Waals surface area contributed by atoms with Gasteiger partial charge in [-0.25, -0.2) is 0 Å². The molecule has 0 radical (unpaired) electrons. The summed E-state index contributed by atoms with van der Waals surface area (Å²) in [6, 6.07) is 9.87. The Labute approximate surface area is 119 Å². The van der Waals surface area contributed by atoms with Gasteiger partial charge in [-0.05, 0) is 18.2 Å². The first-order chi connectivity index (χ1) is 9.87. The van der Waals surface area contributed by atoms with Crippen molar-refractivity contribution in [1.29, 1.82) is 0 Å². The van der Waals surface area contributed by atoms with Crippen molar-refractivity contribution >= 4 is 16.1 Å². The fourth-order valence-electron chi connectivity index (χ4n) is 1.42. The molecule has 0 bridgehead atoms. The van der Waals surface area contributed by atoms with E-state index in [0.29, 0.717) is 6.07 Å². The van der Waals surface area contributed by atoms with Crippen molar-refractivity contribution in [3.8, 4) is 11.5 Å². The Morgan fingerprint density at radius 3 is 2.19 bits per heavy atom. The molecule has 0 aliphatic rings. The molecule has 0 amide bonds. The topological polar surface area (TPSA) is 95.7 Å². The molecule has 0 spiro atoms. The second kappa shape index (κ2) is 5.75. The van der Waals surface area contributed by atoms with Crippen LogP contribution in [-0.2, 0) is 10.4 Å². The lowest BCUT2D eigenvalue weighted by Gasteiger charge is -2.07. The molecule has 0 heterocycles. The molecule has 0 saturated carbocycles. The van der Waals surface area contributed by atoms with E-state index in [2.05, 4.69) is 8.37 Å². The van der Waals surface area contributed by atoms with Crippen LogP contribution in [-0.4, -0.2) is 13.3 Å². The molecular formula is C12H8FNO6S. The summed E-state index contributed by atoms with van der Waals surface area (Å²) in [5.41, 5.74) is -0.788. The van der Waals surface area contributed by atoms with Crippen molar-refractivity contribution < 1.29 is 26.1 Å². The summed E-state index contributed by atoms with van der Waals surface area (Å²) in [5.74, 6) is -1.64. The molecule has 0 unspecified atom stereocenters. The van der Waals surface area contributed by atoms with Gasteiger partial charge in [0.25, 0.3) is 0 Å². The Hall–Kier alpha value is -2.68. The fraction of sp³-hybridized carbons (Fsp3) is 0. The number of rotatable bonds is 5. The van der Waals surface area contributed by atoms with Crippen molar-refractivity contribution in [1.82, 2.24) is 0 Å². The largest absolute Gasteiger partial charge is 0.500 e. The van der Waals surface area contributed by atoms with Gasteiger partial charge in [0.05, 0.1) is 4.92 Å². The molecule has 0 aliphatic carbocycles. The first kappa shape index (κ1) is 14.7. The monoisotopic (exact) mass is 313 g/mol. The van der Waals surface area contributed by atoms with Crippen LogP contribution in [0.4, 0.5) is 10.1 Å². The first-order valence-corrected chi connectivity index (χ1v) is 6.83. The van der Waals surface area contributed by atoms with Crippen LogP contribution in [0.1, 0.15) is 0 Å². The molecule has 110 valence electrons. The third-order valence-electron chi connectivity index (χ3n) is 2.26. The van der Waals surface area contributed by atoms with Gasteiger partial charge in [-0.15, -0.1) is 8.42 Å². The first-order valence-electron chi connectivity index (χ1n) is 5.50. The van der Waals surface area contributed by atoms with Crippen molar-refractivity contribution in [2.75, 3.05) is 0 Å². The Morgan fingerprint density at radius 2 is 1.62 bits per heavy atom. The van der Waals surface area contributed by atoms with Crippen LogP contribution in [0, 0.1) is 15.9 Å². The summed E-state index contributed by atoms with van der Waals surface area (Å²) in [4.78, 5) is 9.50. The van der Waals surface area contributed by atoms with Crippen LogP contribution in [0.25, 0.3) is 0 Å². The average Bonchev–Trinajstić information content (AvgIpc) is 2.38. The summed E-state index contributed by atoms with van der Waals surface area (Å²) in [6.45, 7) is 0. The molecule has 2 rings (SSSR count). The molecule has 7 nitrogen and oxygen atoms in total. The van der Waals surface area contributed by atoms with E-state index in [1.807, 2.05) is 0 Å². The Bertz CT molecular complexity index is 763. The van der Waals surface area contributed by atoms with Gasteiger partial charge >= 0.3 is 16.1 Å². The highest BCUT2D eigenvalue weighted by Gasteiger charge is 2.19. The smallest absolute Gasteiger partial charge is 0.353 e. The quantitative estimate of drug-likeness (QED) is 0.621. The highest BCUT2D eigenvalue weighted by atomic mass is 32.3. The van der Waals surface area contributed by atoms with Crippen LogP contribution in [0.3, 0.4) is 0 Å². The molecule has 9 heteroatoms. The number of para-hydroxylation sites is 1. The van der Waals surface area contributed by atoms with Crippen molar-refractivity contribution in [3.05, 3.63) is 64.5 Å². The van der Waals surface area contributed by atoms with Crippen LogP contribution in [0.15, 0.2) is 48.5 Å². The van der Waals surface area contributed by atoms with Gasteiger partial charge in [-0.3, -0.25) is 10.1 Å². The summed E-state index contributed by atoms with van der Waals surface area (Å²) in [6.07, 6.45) is 0. The molecule has 0 fully saturated rings. The Morgan fingerprint density at radius 1 is 1.00 bits per heavy atom. The summed E-state index contributed by atoms with van der Waals surface area (Å²) < 4.78 is 45.7. The van der Waals surface area contributed by atoms with Crippen LogP contribution >= 0.6 is 0 Å². The van der Waals surface area contributed by atoms with E-state index in [9.17, 15) is 22.9 Å². The van der Waals surface area contributed by atoms with Gasteiger partial charge in [-0.2, -0.15) is 4.39 Å². The van der Waals surface area contributed by atoms with E-state index in [-0.39, 0.29) is 5.75 Å². The maximum Gasteiger partial charge on any atom is 0.500 e. The number of halogens is 1. The Balaban J connectivity index is 2.17. The normalized spacial score (nSPS) is 10.9. The third kappa shape index (κ3) is 3.89. The van der Waals surface area contributed by atoms with E-state index in [1.54, 1.807) is 18.2 Å². The SMILES string of the molecule is O=[N+]([O-])c1ccc(OS(=O)(=O)Oc2ccccc2)cc1F. The predicted octanol–water partition coefficient (Wildman–Crippen LogP) is 2.44. The van der Waals surface area contributed by atoms with E-state index >= 15 is 0 Å². The molecule has 0 N–H and O–H groups in total. The highest BCUT2D eigenvalue weighted by Crippen LogP contribution is 2.24. The third-order valence-corrected chi connectivity index (χ3v) is 3.05. The van der Waals surface area contributed by atoms with Gasteiger partial charge in [0.1, 0.15) is 11.5 Å². The summed E-state index contributed by atoms with van der Waals surface area (Å²) in [7, 11) is -4.47. The summed E-state index contributed by atoms with van der Waals surface area (Å²) in [5, 5.41) is 10.4. The zero-order valence-corrected chi connectivity index (χ0v) is 11.1. The van der Waals surface area contributed by atoms with Gasteiger partial charge in [0.15, 0.2) is 0 Å². The molecule has 0 saturated heterocycles. The van der Waals surface area contributed by atoms with Crippen LogP contribution in [0.5, 0.6) is 11.5 Å². The number of nitro groups is 1. The molecule has 0 aliphatic heterocycles. The highest BCUT2D eigenvalue weighted by molar-refractivity contribution is 7.82. The summed E-state index contributed by atoms with van der Waals surface area (Å²) >= 11 is 0. The predicted molar refractivity (Wildman–Crippen MR) is 69.7 cm³/mol. The zero-order valence-electron chi connectivity index (χ0n) is 10.3. The van der Waals surface area contributed by atoms with Crippen LogP contribution in [0.2, 0.25) is 0 Å². The second-order valence-electron chi connectivity index (χ2n) is 3.76. The van der Waals surface area contributed by atoms with E-state index < -0.39 is 32.6 Å². The average molecular weight is 313 g/mol. The van der Waals surface area contributed by atoms with Gasteiger partial charge < -0.3 is 8.37 Å². The number of benzene rings is 2. The van der Waals surface area contributed by atoms with Crippen LogP contribution < -0.4 is 8.37 Å². The van der Waals surface area contributed by atoms with E-state index in [0.717, 1.165) is 12.1 Å². The molecule has 0 aromatic heterocycles. The second-order valence-corrected chi connectivity index (χ2v) is 4.91. The number of hydrogen-bond acceptors (Lipinski definition) is 6. The fourth-order valence-corrected chi connectivity index (χ4v) is 2.14. The van der Waals surface area contributed by atoms with Gasteiger partial charge in [0.2, 0.25) is 5.82 Å². The lowest BCUT2D eigenvalue weighted by Crippen LogP contribution is -2.16. The minimum absolute atomic E-state index is 0.0138. The molecular weight excluding hydrogens is 305 g/mol. The molecule has 0 atom stereocenters. The van der Waals surface area contributed by atoms with Crippen molar-refractivity contribution in [2.24, 2.45) is 0 Å². The lowest BCUT2D eigenvalue weighted by atomic mass is 10.3. The van der Waals surface area contributed by atoms with Crippen molar-refractivity contribution in [2.45, 2.75) is 0 Å². The number of nitrogens with zero attached hydrogens (tertiary/aromatic N) is 1. The molecule has 21 heavy (non-hydrogen) atoms. The minimum Gasteiger partial charge on any atom is -0.353 e. The van der Waals surface area contributed by atoms with E-state index in [1.165, 1.54) is 12.1 Å². The standard InChI is InChI=1S/C12H8FNO6S/c13-11-8-10(6-7-12(11)14(15)16)20-21(17,18)19-9-4-2-1-3-5-9/h1-8H. The zero-order chi connectivity index (χ0) is 15.5. The maximum absolute atomic E-state index is 13.3. The maximum atomic E-state index is 13.3. The number of hydrogen-bond donors (Lipinski definition) is 0. The van der Waals surface area contributed by atoms with E-state index in [4.69, 9.17) is 0 Å². The van der Waals surface area contributed by atoms with Gasteiger partial charge in [0, 0.05) is 12.1 Å².